The second kappa shape index (κ2) is 7.91. The highest BCUT2D eigenvalue weighted by molar-refractivity contribution is 5.97. The zero-order valence-corrected chi connectivity index (χ0v) is 13.7. The first kappa shape index (κ1) is 18.6. The zero-order valence-electron chi connectivity index (χ0n) is 13.7. The molecule has 0 aliphatic heterocycles. The van der Waals surface area contributed by atoms with Gasteiger partial charge in [-0.3, -0.25) is 14.4 Å². The molecular formula is C17H21N3O5. The normalized spacial score (nSPS) is 22.7. The average molecular weight is 347 g/mol. The minimum atomic E-state index is -1.25. The molecule has 1 aliphatic carbocycles. The highest BCUT2D eigenvalue weighted by Crippen LogP contribution is 2.20. The Kier molecular flexibility index (Phi) is 5.89. The quantitative estimate of drug-likeness (QED) is 0.452. The number of hydrogen-bond acceptors (Lipinski definition) is 5. The van der Waals surface area contributed by atoms with E-state index < -0.39 is 36.0 Å². The summed E-state index contributed by atoms with van der Waals surface area (Å²) in [7, 11) is 0. The summed E-state index contributed by atoms with van der Waals surface area (Å²) in [6.45, 7) is 1.55. The van der Waals surface area contributed by atoms with Crippen LogP contribution in [-0.4, -0.2) is 52.7 Å². The van der Waals surface area contributed by atoms with Gasteiger partial charge in [-0.2, -0.15) is 0 Å². The van der Waals surface area contributed by atoms with Gasteiger partial charge in [-0.05, 0) is 19.1 Å². The minimum absolute atomic E-state index is 0.0946. The number of nitrogens with one attached hydrogen (secondary N) is 2. The predicted molar refractivity (Wildman–Crippen MR) is 89.4 cm³/mol. The SMILES string of the molecule is Cc1ccc(C(=O)N[C@H]2C=C(C(=O)NCC(N)=O)C[C@@H](O)[C@@H]2O)cc1. The molecule has 0 fully saturated rings. The fraction of sp³-hybridized carbons (Fsp3) is 0.353. The van der Waals surface area contributed by atoms with Crippen LogP contribution >= 0.6 is 0 Å². The van der Waals surface area contributed by atoms with Crippen molar-refractivity contribution in [3.05, 3.63) is 47.0 Å². The molecule has 1 aromatic carbocycles. The molecule has 3 atom stereocenters. The number of benzene rings is 1. The molecule has 6 N–H and O–H groups in total. The number of hydrogen-bond donors (Lipinski definition) is 5. The van der Waals surface area contributed by atoms with Crippen molar-refractivity contribution in [3.63, 3.8) is 0 Å². The van der Waals surface area contributed by atoms with E-state index >= 15 is 0 Å². The van der Waals surface area contributed by atoms with E-state index in [0.29, 0.717) is 5.56 Å². The van der Waals surface area contributed by atoms with E-state index in [-0.39, 0.29) is 18.5 Å². The van der Waals surface area contributed by atoms with E-state index in [4.69, 9.17) is 5.73 Å². The van der Waals surface area contributed by atoms with Crippen LogP contribution in [0.1, 0.15) is 22.3 Å². The molecule has 134 valence electrons. The van der Waals surface area contributed by atoms with Gasteiger partial charge in [-0.1, -0.05) is 23.8 Å². The lowest BCUT2D eigenvalue weighted by atomic mass is 9.90. The molecule has 0 bridgehead atoms. The van der Waals surface area contributed by atoms with E-state index in [1.54, 1.807) is 24.3 Å². The molecule has 25 heavy (non-hydrogen) atoms. The second-order valence-corrected chi connectivity index (χ2v) is 5.97. The van der Waals surface area contributed by atoms with E-state index in [0.717, 1.165) is 5.56 Å². The number of primary amides is 1. The Balaban J connectivity index is 2.12. The van der Waals surface area contributed by atoms with Gasteiger partial charge in [0.1, 0.15) is 6.10 Å². The van der Waals surface area contributed by atoms with Crippen molar-refractivity contribution in [2.24, 2.45) is 5.73 Å². The monoisotopic (exact) mass is 347 g/mol. The third-order valence-electron chi connectivity index (χ3n) is 3.90. The Morgan fingerprint density at radius 1 is 1.16 bits per heavy atom. The Labute approximate surface area is 144 Å². The van der Waals surface area contributed by atoms with Crippen LogP contribution in [0.15, 0.2) is 35.9 Å². The van der Waals surface area contributed by atoms with Crippen molar-refractivity contribution < 1.29 is 24.6 Å². The molecule has 0 unspecified atom stereocenters. The van der Waals surface area contributed by atoms with Gasteiger partial charge in [0.15, 0.2) is 0 Å². The Morgan fingerprint density at radius 3 is 2.40 bits per heavy atom. The van der Waals surface area contributed by atoms with Crippen LogP contribution < -0.4 is 16.4 Å². The van der Waals surface area contributed by atoms with Gasteiger partial charge in [0.2, 0.25) is 11.8 Å². The average Bonchev–Trinajstić information content (AvgIpc) is 2.57. The predicted octanol–water partition coefficient (Wildman–Crippen LogP) is -1.25. The van der Waals surface area contributed by atoms with Crippen molar-refractivity contribution in [1.29, 1.82) is 0 Å². The maximum absolute atomic E-state index is 12.3. The van der Waals surface area contributed by atoms with Crippen LogP contribution in [0.2, 0.25) is 0 Å². The fourth-order valence-electron chi connectivity index (χ4n) is 2.48. The van der Waals surface area contributed by atoms with Gasteiger partial charge >= 0.3 is 0 Å². The van der Waals surface area contributed by atoms with E-state index in [1.165, 1.54) is 6.08 Å². The number of aliphatic hydroxyl groups is 2. The molecule has 0 saturated carbocycles. The van der Waals surface area contributed by atoms with E-state index in [1.807, 2.05) is 6.92 Å². The number of carbonyl (C=O) groups excluding carboxylic acids is 3. The molecule has 1 aliphatic rings. The number of rotatable bonds is 5. The van der Waals surface area contributed by atoms with E-state index in [2.05, 4.69) is 10.6 Å². The van der Waals surface area contributed by atoms with Gasteiger partial charge in [0, 0.05) is 17.6 Å². The maximum Gasteiger partial charge on any atom is 0.251 e. The van der Waals surface area contributed by atoms with Gasteiger partial charge < -0.3 is 26.6 Å². The Hall–Kier alpha value is -2.71. The minimum Gasteiger partial charge on any atom is -0.390 e. The summed E-state index contributed by atoms with van der Waals surface area (Å²) in [5, 5.41) is 24.9. The van der Waals surface area contributed by atoms with Gasteiger partial charge in [0.05, 0.1) is 18.7 Å². The molecule has 1 aromatic rings. The van der Waals surface area contributed by atoms with Crippen molar-refractivity contribution >= 4 is 17.7 Å². The first-order valence-corrected chi connectivity index (χ1v) is 7.79. The molecule has 0 aromatic heterocycles. The number of amides is 3. The lowest BCUT2D eigenvalue weighted by Crippen LogP contribution is -2.51. The van der Waals surface area contributed by atoms with Crippen LogP contribution in [0.3, 0.4) is 0 Å². The third-order valence-corrected chi connectivity index (χ3v) is 3.90. The maximum atomic E-state index is 12.3. The van der Waals surface area contributed by atoms with Crippen LogP contribution in [0.4, 0.5) is 0 Å². The first-order chi connectivity index (χ1) is 11.8. The summed E-state index contributed by atoms with van der Waals surface area (Å²) < 4.78 is 0. The van der Waals surface area contributed by atoms with Crippen molar-refractivity contribution in [2.45, 2.75) is 31.6 Å². The molecule has 2 rings (SSSR count). The van der Waals surface area contributed by atoms with Crippen molar-refractivity contribution in [1.82, 2.24) is 10.6 Å². The van der Waals surface area contributed by atoms with Crippen LogP contribution in [-0.2, 0) is 9.59 Å². The Bertz CT molecular complexity index is 699. The fourth-order valence-corrected chi connectivity index (χ4v) is 2.48. The van der Waals surface area contributed by atoms with Crippen LogP contribution in [0, 0.1) is 6.92 Å². The summed E-state index contributed by atoms with van der Waals surface area (Å²) in [5.74, 6) is -1.72. The van der Waals surface area contributed by atoms with Crippen LogP contribution in [0.25, 0.3) is 0 Å². The standard InChI is InChI=1S/C17H21N3O5/c1-9-2-4-10(5-3-9)17(25)20-12-6-11(7-13(21)15(12)23)16(24)19-8-14(18)22/h2-6,12-13,15,21,23H,7-8H2,1H3,(H2,18,22)(H,19,24)(H,20,25)/t12-,13+,15+/m0/s1. The number of carbonyl (C=O) groups is 3. The molecule has 0 heterocycles. The summed E-state index contributed by atoms with van der Waals surface area (Å²) >= 11 is 0. The largest absolute Gasteiger partial charge is 0.390 e. The highest BCUT2D eigenvalue weighted by Gasteiger charge is 2.33. The molecule has 0 saturated heterocycles. The van der Waals surface area contributed by atoms with Crippen molar-refractivity contribution in [3.8, 4) is 0 Å². The lowest BCUT2D eigenvalue weighted by molar-refractivity contribution is -0.123. The second-order valence-electron chi connectivity index (χ2n) is 5.97. The lowest BCUT2D eigenvalue weighted by Gasteiger charge is -2.31. The molecule has 0 radical (unpaired) electrons. The molecule has 8 nitrogen and oxygen atoms in total. The third kappa shape index (κ3) is 4.88. The molecule has 8 heteroatoms. The molecular weight excluding hydrogens is 326 g/mol. The van der Waals surface area contributed by atoms with Gasteiger partial charge in [0.25, 0.3) is 5.91 Å². The molecule has 0 spiro atoms. The topological polar surface area (TPSA) is 142 Å². The summed E-state index contributed by atoms with van der Waals surface area (Å²) in [6.07, 6.45) is -1.19. The summed E-state index contributed by atoms with van der Waals surface area (Å²) in [4.78, 5) is 35.0. The van der Waals surface area contributed by atoms with Crippen LogP contribution in [0.5, 0.6) is 0 Å². The number of aliphatic hydroxyl groups excluding tert-OH is 2. The number of aryl methyl sites for hydroxylation is 1. The summed E-state index contributed by atoms with van der Waals surface area (Å²) in [5.41, 5.74) is 6.52. The van der Waals surface area contributed by atoms with Crippen molar-refractivity contribution in [2.75, 3.05) is 6.54 Å². The molecule has 3 amide bonds. The zero-order chi connectivity index (χ0) is 18.6. The van der Waals surface area contributed by atoms with Gasteiger partial charge in [-0.15, -0.1) is 0 Å². The highest BCUT2D eigenvalue weighted by atomic mass is 16.3. The van der Waals surface area contributed by atoms with E-state index in [9.17, 15) is 24.6 Å². The Morgan fingerprint density at radius 2 is 1.80 bits per heavy atom. The van der Waals surface area contributed by atoms with Gasteiger partial charge in [-0.25, -0.2) is 0 Å². The number of nitrogens with two attached hydrogens (primary N) is 1. The summed E-state index contributed by atoms with van der Waals surface area (Å²) in [6, 6.07) is 5.90. The first-order valence-electron chi connectivity index (χ1n) is 7.79. The smallest absolute Gasteiger partial charge is 0.251 e.